The number of sulfonamides is 1. The van der Waals surface area contributed by atoms with Gasteiger partial charge in [0, 0.05) is 18.7 Å². The van der Waals surface area contributed by atoms with Crippen molar-refractivity contribution >= 4 is 15.9 Å². The van der Waals surface area contributed by atoms with Crippen molar-refractivity contribution in [2.45, 2.75) is 55.9 Å². The van der Waals surface area contributed by atoms with Crippen LogP contribution >= 0.6 is 0 Å². The fourth-order valence-electron chi connectivity index (χ4n) is 5.07. The van der Waals surface area contributed by atoms with Gasteiger partial charge < -0.3 is 19.9 Å². The molecule has 4 unspecified atom stereocenters. The third-order valence-electron chi connectivity index (χ3n) is 6.95. The van der Waals surface area contributed by atoms with Crippen LogP contribution in [0.25, 0.3) is 0 Å². The molecule has 4 atom stereocenters. The predicted octanol–water partition coefficient (Wildman–Crippen LogP) is 0.108. The highest BCUT2D eigenvalue weighted by Crippen LogP contribution is 2.33. The molecule has 12 heteroatoms. The Morgan fingerprint density at radius 2 is 1.94 bits per heavy atom. The summed E-state index contributed by atoms with van der Waals surface area (Å²) in [6, 6.07) is 4.35. The van der Waals surface area contributed by atoms with Crippen molar-refractivity contribution in [1.29, 1.82) is 0 Å². The van der Waals surface area contributed by atoms with Gasteiger partial charge in [-0.15, -0.1) is 0 Å². The van der Waals surface area contributed by atoms with Crippen molar-refractivity contribution in [3.63, 3.8) is 0 Å². The van der Waals surface area contributed by atoms with Gasteiger partial charge in [0.05, 0.1) is 50.8 Å². The van der Waals surface area contributed by atoms with Gasteiger partial charge in [-0.3, -0.25) is 10.1 Å². The quantitative estimate of drug-likeness (QED) is 0.359. The van der Waals surface area contributed by atoms with Crippen LogP contribution in [0.1, 0.15) is 38.4 Å². The van der Waals surface area contributed by atoms with E-state index in [-0.39, 0.29) is 55.1 Å². The van der Waals surface area contributed by atoms with E-state index in [0.717, 1.165) is 12.8 Å². The maximum absolute atomic E-state index is 13.4. The number of piperazine rings is 1. The summed E-state index contributed by atoms with van der Waals surface area (Å²) >= 11 is 0. The fraction of sp³-hybridized carbons (Fsp3) is 0.682. The van der Waals surface area contributed by atoms with E-state index in [9.17, 15) is 18.4 Å². The normalized spacial score (nSPS) is 30.1. The van der Waals surface area contributed by atoms with E-state index < -0.39 is 20.8 Å². The summed E-state index contributed by atoms with van der Waals surface area (Å²) < 4.78 is 33.5. The van der Waals surface area contributed by atoms with E-state index in [1.807, 2.05) is 19.0 Å². The van der Waals surface area contributed by atoms with E-state index in [0.29, 0.717) is 17.9 Å². The highest BCUT2D eigenvalue weighted by Gasteiger charge is 2.48. The Hall–Kier alpha value is -1.80. The summed E-state index contributed by atoms with van der Waals surface area (Å²) in [6.07, 6.45) is 1.27. The molecule has 4 rings (SSSR count). The number of ether oxygens (including phenoxy) is 1. The third kappa shape index (κ3) is 4.81. The number of carbonyl (C=O) groups excluding carboxylic acids is 1. The molecular formula is C22H36N6O5S. The predicted molar refractivity (Wildman–Crippen MR) is 127 cm³/mol. The first-order valence-electron chi connectivity index (χ1n) is 11.9. The van der Waals surface area contributed by atoms with Gasteiger partial charge in [-0.05, 0) is 31.5 Å². The van der Waals surface area contributed by atoms with Crippen LogP contribution in [0.5, 0.6) is 5.75 Å². The van der Waals surface area contributed by atoms with Crippen molar-refractivity contribution in [1.82, 2.24) is 25.4 Å². The number of nitrogens with one attached hydrogen (secondary N) is 3. The topological polar surface area (TPSA) is 126 Å². The van der Waals surface area contributed by atoms with Crippen LogP contribution < -0.4 is 20.8 Å². The highest BCUT2D eigenvalue weighted by molar-refractivity contribution is 7.89. The van der Waals surface area contributed by atoms with Crippen molar-refractivity contribution in [2.75, 3.05) is 46.9 Å². The third-order valence-corrected chi connectivity index (χ3v) is 8.84. The molecule has 1 amide bonds. The van der Waals surface area contributed by atoms with Crippen LogP contribution in [0.4, 0.5) is 0 Å². The maximum Gasteiger partial charge on any atom is 0.243 e. The van der Waals surface area contributed by atoms with Gasteiger partial charge in [0.2, 0.25) is 15.9 Å². The number of fused-ring (bicyclic) bond motifs is 1. The lowest BCUT2D eigenvalue weighted by molar-refractivity contribution is -0.864. The average molecular weight is 497 g/mol. The molecule has 3 saturated heterocycles. The Balaban J connectivity index is 1.65. The minimum atomic E-state index is -3.80. The number of amides is 1. The first-order chi connectivity index (χ1) is 16.1. The number of hydrogen-bond donors (Lipinski definition) is 3. The summed E-state index contributed by atoms with van der Waals surface area (Å²) in [5.74, 6) is 0.396. The Bertz CT molecular complexity index is 1010. The smallest absolute Gasteiger partial charge is 0.243 e. The summed E-state index contributed by atoms with van der Waals surface area (Å²) in [4.78, 5) is 13.2. The van der Waals surface area contributed by atoms with E-state index in [2.05, 4.69) is 23.0 Å². The molecule has 0 aromatic heterocycles. The van der Waals surface area contributed by atoms with E-state index in [4.69, 9.17) is 4.74 Å². The number of rotatable bonds is 7. The summed E-state index contributed by atoms with van der Waals surface area (Å²) in [6.45, 7) is 5.13. The molecule has 1 aromatic rings. The number of carbonyl (C=O) groups is 1. The second-order valence-electron chi connectivity index (χ2n) is 9.49. The average Bonchev–Trinajstić information content (AvgIpc) is 3.09. The van der Waals surface area contributed by atoms with Crippen molar-refractivity contribution in [2.24, 2.45) is 0 Å². The van der Waals surface area contributed by atoms with Gasteiger partial charge in [0.15, 0.2) is 0 Å². The van der Waals surface area contributed by atoms with Gasteiger partial charge >= 0.3 is 0 Å². The van der Waals surface area contributed by atoms with Crippen molar-refractivity contribution in [3.05, 3.63) is 29.0 Å². The molecule has 0 aliphatic carbocycles. The molecule has 34 heavy (non-hydrogen) atoms. The van der Waals surface area contributed by atoms with Crippen LogP contribution in [0.15, 0.2) is 23.1 Å². The fourth-order valence-corrected chi connectivity index (χ4v) is 6.53. The van der Waals surface area contributed by atoms with E-state index >= 15 is 0 Å². The zero-order valence-corrected chi connectivity index (χ0v) is 21.1. The molecule has 190 valence electrons. The number of nitrogens with zero attached hydrogens (tertiary/aromatic N) is 3. The lowest BCUT2D eigenvalue weighted by Crippen LogP contribution is -2.62. The maximum atomic E-state index is 13.4. The number of benzene rings is 1. The molecule has 11 nitrogen and oxygen atoms in total. The molecule has 1 aromatic carbocycles. The first kappa shape index (κ1) is 25.3. The number of hydrazine groups is 1. The minimum Gasteiger partial charge on any atom is -0.633 e. The SMILES string of the molecule is CCCC1NN(C)C2C(=O)NC(c3cc(S(=O)(=O)N4CC[N+](C)([O-])CC4)ccc3OCC)NC12. The Kier molecular flexibility index (Phi) is 7.21. The Labute approximate surface area is 201 Å². The second-order valence-corrected chi connectivity index (χ2v) is 11.4. The van der Waals surface area contributed by atoms with Crippen LogP contribution in [0, 0.1) is 5.21 Å². The van der Waals surface area contributed by atoms with Gasteiger partial charge in [0.1, 0.15) is 18.0 Å². The number of hydrogen-bond acceptors (Lipinski definition) is 8. The van der Waals surface area contributed by atoms with Crippen molar-refractivity contribution in [3.8, 4) is 5.75 Å². The monoisotopic (exact) mass is 496 g/mol. The number of hydroxylamine groups is 3. The van der Waals surface area contributed by atoms with Crippen molar-refractivity contribution < 1.29 is 22.6 Å². The molecule has 3 heterocycles. The standard InChI is InChI=1S/C22H36N6O5S/c1-5-7-17-19-20(26(3)25-17)22(29)24-21(23-19)16-14-15(8-9-18(16)33-6-2)34(31,32)27-10-12-28(4,30)13-11-27/h8-9,14,17,19-21,23,25H,5-7,10-13H2,1-4H3,(H,24,29). The molecule has 0 radical (unpaired) electrons. The lowest BCUT2D eigenvalue weighted by atomic mass is 9.94. The summed E-state index contributed by atoms with van der Waals surface area (Å²) in [5.41, 5.74) is 3.94. The first-order valence-corrected chi connectivity index (χ1v) is 13.4. The van der Waals surface area contributed by atoms with Crippen LogP contribution in [0.3, 0.4) is 0 Å². The zero-order chi connectivity index (χ0) is 24.7. The second kappa shape index (κ2) is 9.69. The number of likely N-dealkylation sites (N-methyl/N-ethyl adjacent to an activating group) is 2. The highest BCUT2D eigenvalue weighted by atomic mass is 32.2. The Morgan fingerprint density at radius 1 is 1.24 bits per heavy atom. The number of quaternary nitrogens is 1. The molecule has 0 saturated carbocycles. The van der Waals surface area contributed by atoms with Gasteiger partial charge in [-0.2, -0.15) is 4.31 Å². The molecule has 3 aliphatic rings. The van der Waals surface area contributed by atoms with Crippen LogP contribution in [0.2, 0.25) is 0 Å². The van der Waals surface area contributed by atoms with E-state index in [1.165, 1.54) is 10.4 Å². The molecule has 3 N–H and O–H groups in total. The largest absolute Gasteiger partial charge is 0.633 e. The molecular weight excluding hydrogens is 460 g/mol. The summed E-state index contributed by atoms with van der Waals surface area (Å²) in [5, 5.41) is 20.5. The van der Waals surface area contributed by atoms with Crippen LogP contribution in [-0.4, -0.2) is 93.3 Å². The van der Waals surface area contributed by atoms with Gasteiger partial charge in [-0.25, -0.2) is 18.9 Å². The summed E-state index contributed by atoms with van der Waals surface area (Å²) in [7, 11) is -0.377. The molecule has 0 spiro atoms. The lowest BCUT2D eigenvalue weighted by Gasteiger charge is -2.44. The van der Waals surface area contributed by atoms with Crippen LogP contribution in [-0.2, 0) is 14.8 Å². The molecule has 3 fully saturated rings. The van der Waals surface area contributed by atoms with E-state index in [1.54, 1.807) is 19.2 Å². The Morgan fingerprint density at radius 3 is 2.59 bits per heavy atom. The van der Waals surface area contributed by atoms with Gasteiger partial charge in [-0.1, -0.05) is 13.3 Å². The zero-order valence-electron chi connectivity index (χ0n) is 20.3. The van der Waals surface area contributed by atoms with Gasteiger partial charge in [0.25, 0.3) is 0 Å². The molecule has 3 aliphatic heterocycles. The molecule has 0 bridgehead atoms. The minimum absolute atomic E-state index is 0.0869.